The Bertz CT molecular complexity index is 609. The number of fused-ring (bicyclic) bond motifs is 3. The number of hydrogen-bond donors (Lipinski definition) is 0. The molecule has 0 amide bonds. The molecule has 4 atom stereocenters. The summed E-state index contributed by atoms with van der Waals surface area (Å²) in [6, 6.07) is 6.60. The first-order valence-electron chi connectivity index (χ1n) is 9.26. The van der Waals surface area contributed by atoms with Crippen LogP contribution in [0.1, 0.15) is 63.0 Å². The summed E-state index contributed by atoms with van der Waals surface area (Å²) in [6.07, 6.45) is 6.32. The zero-order valence-electron chi connectivity index (χ0n) is 15.4. The van der Waals surface area contributed by atoms with Crippen LogP contribution in [0.5, 0.6) is 5.75 Å². The molecule has 0 aromatic heterocycles. The van der Waals surface area contributed by atoms with Gasteiger partial charge in [0.15, 0.2) is 0 Å². The van der Waals surface area contributed by atoms with Gasteiger partial charge in [0.05, 0.1) is 20.6 Å². The van der Waals surface area contributed by atoms with Gasteiger partial charge < -0.3 is 9.47 Å². The van der Waals surface area contributed by atoms with Gasteiger partial charge in [-0.25, -0.2) is 0 Å². The smallest absolute Gasteiger partial charge is 0.306 e. The normalized spacial score (nSPS) is 31.8. The Morgan fingerprint density at radius 3 is 2.75 bits per heavy atom. The lowest BCUT2D eigenvalue weighted by Gasteiger charge is -2.51. The molecule has 0 heterocycles. The third-order valence-corrected chi connectivity index (χ3v) is 6.67. The molecule has 0 bridgehead atoms. The number of methoxy groups -OCH3 is 2. The highest BCUT2D eigenvalue weighted by Gasteiger charge is 2.48. The van der Waals surface area contributed by atoms with E-state index in [9.17, 15) is 4.79 Å². The number of carbonyl (C=O) groups is 1. The van der Waals surface area contributed by atoms with Crippen LogP contribution in [-0.2, 0) is 16.0 Å². The van der Waals surface area contributed by atoms with Gasteiger partial charge >= 0.3 is 5.97 Å². The molecule has 0 aliphatic heterocycles. The van der Waals surface area contributed by atoms with E-state index in [4.69, 9.17) is 9.47 Å². The van der Waals surface area contributed by atoms with E-state index in [2.05, 4.69) is 32.0 Å². The molecule has 0 radical (unpaired) electrons. The Morgan fingerprint density at radius 2 is 2.08 bits per heavy atom. The summed E-state index contributed by atoms with van der Waals surface area (Å²) in [5.41, 5.74) is 3.06. The first-order chi connectivity index (χ1) is 11.5. The molecule has 1 fully saturated rings. The van der Waals surface area contributed by atoms with Crippen LogP contribution in [0.4, 0.5) is 0 Å². The molecule has 3 nitrogen and oxygen atoms in total. The number of hydrogen-bond acceptors (Lipinski definition) is 3. The number of benzene rings is 1. The molecule has 3 heteroatoms. The summed E-state index contributed by atoms with van der Waals surface area (Å²) in [5, 5.41) is 0. The van der Waals surface area contributed by atoms with Gasteiger partial charge in [0, 0.05) is 0 Å². The standard InChI is InChI=1S/C21H30O3/c1-5-19-18-8-6-14-12-15(23-3)7-9-16(14)17(18)10-11-21(19,2)13-20(22)24-4/h7,9,12,17-19H,5-6,8,10-11,13H2,1-4H3/t17-,18-,19+,21-/m1/s1. The maximum absolute atomic E-state index is 11.9. The van der Waals surface area contributed by atoms with Gasteiger partial charge in [-0.15, -0.1) is 0 Å². The SMILES string of the molecule is CC[C@H]1[C@@H]2CCc3cc(OC)ccc3[C@H]2CC[C@]1(C)CC(=O)OC. The summed E-state index contributed by atoms with van der Waals surface area (Å²) in [5.74, 6) is 2.81. The maximum Gasteiger partial charge on any atom is 0.306 e. The molecule has 24 heavy (non-hydrogen) atoms. The minimum absolute atomic E-state index is 0.0599. The van der Waals surface area contributed by atoms with Crippen LogP contribution in [0, 0.1) is 17.3 Å². The average molecular weight is 330 g/mol. The van der Waals surface area contributed by atoms with Crippen molar-refractivity contribution in [2.75, 3.05) is 14.2 Å². The third-order valence-electron chi connectivity index (χ3n) is 6.67. The average Bonchev–Trinajstić information content (AvgIpc) is 2.60. The monoisotopic (exact) mass is 330 g/mol. The summed E-state index contributed by atoms with van der Waals surface area (Å²) in [4.78, 5) is 11.9. The molecule has 132 valence electrons. The minimum Gasteiger partial charge on any atom is -0.497 e. The lowest BCUT2D eigenvalue weighted by molar-refractivity contribution is -0.145. The fourth-order valence-electron chi connectivity index (χ4n) is 5.50. The first-order valence-corrected chi connectivity index (χ1v) is 9.26. The fraction of sp³-hybridized carbons (Fsp3) is 0.667. The third kappa shape index (κ3) is 2.94. The second-order valence-corrected chi connectivity index (χ2v) is 7.83. The summed E-state index contributed by atoms with van der Waals surface area (Å²) in [7, 11) is 3.24. The molecular weight excluding hydrogens is 300 g/mol. The van der Waals surface area contributed by atoms with Gasteiger partial charge in [-0.05, 0) is 72.1 Å². The van der Waals surface area contributed by atoms with Gasteiger partial charge in [-0.3, -0.25) is 4.79 Å². The van der Waals surface area contributed by atoms with Crippen molar-refractivity contribution in [1.82, 2.24) is 0 Å². The van der Waals surface area contributed by atoms with E-state index in [0.29, 0.717) is 24.2 Å². The van der Waals surface area contributed by atoms with Crippen LogP contribution < -0.4 is 4.74 Å². The Balaban J connectivity index is 1.88. The number of aryl methyl sites for hydroxylation is 1. The molecule has 0 N–H and O–H groups in total. The van der Waals surface area contributed by atoms with Crippen molar-refractivity contribution >= 4 is 5.97 Å². The van der Waals surface area contributed by atoms with Gasteiger partial charge in [0.25, 0.3) is 0 Å². The summed E-state index contributed by atoms with van der Waals surface area (Å²) in [6.45, 7) is 4.59. The summed E-state index contributed by atoms with van der Waals surface area (Å²) >= 11 is 0. The quantitative estimate of drug-likeness (QED) is 0.749. The maximum atomic E-state index is 11.9. The first kappa shape index (κ1) is 17.3. The van der Waals surface area contributed by atoms with E-state index in [-0.39, 0.29) is 11.4 Å². The van der Waals surface area contributed by atoms with Crippen molar-refractivity contribution in [3.63, 3.8) is 0 Å². The number of ether oxygens (including phenoxy) is 2. The van der Waals surface area contributed by atoms with Gasteiger partial charge in [0.2, 0.25) is 0 Å². The molecule has 1 aromatic carbocycles. The number of rotatable bonds is 4. The van der Waals surface area contributed by atoms with Crippen LogP contribution in [-0.4, -0.2) is 20.2 Å². The Hall–Kier alpha value is -1.51. The van der Waals surface area contributed by atoms with Gasteiger partial charge in [-0.2, -0.15) is 0 Å². The Morgan fingerprint density at radius 1 is 1.29 bits per heavy atom. The van der Waals surface area contributed by atoms with Crippen molar-refractivity contribution < 1.29 is 14.3 Å². The second kappa shape index (κ2) is 6.78. The topological polar surface area (TPSA) is 35.5 Å². The second-order valence-electron chi connectivity index (χ2n) is 7.83. The lowest BCUT2D eigenvalue weighted by atomic mass is 9.53. The highest BCUT2D eigenvalue weighted by Crippen LogP contribution is 2.57. The molecule has 2 aliphatic carbocycles. The number of esters is 1. The van der Waals surface area contributed by atoms with Crippen molar-refractivity contribution in [3.8, 4) is 5.75 Å². The largest absolute Gasteiger partial charge is 0.497 e. The van der Waals surface area contributed by atoms with E-state index in [0.717, 1.165) is 25.0 Å². The van der Waals surface area contributed by atoms with Crippen molar-refractivity contribution in [3.05, 3.63) is 29.3 Å². The Labute approximate surface area is 145 Å². The van der Waals surface area contributed by atoms with Crippen LogP contribution >= 0.6 is 0 Å². The molecule has 3 rings (SSSR count). The zero-order valence-corrected chi connectivity index (χ0v) is 15.4. The highest BCUT2D eigenvalue weighted by molar-refractivity contribution is 5.70. The molecular formula is C21H30O3. The molecule has 2 aliphatic rings. The zero-order chi connectivity index (χ0) is 17.3. The molecule has 0 saturated heterocycles. The number of carbonyl (C=O) groups excluding carboxylic acids is 1. The van der Waals surface area contributed by atoms with Crippen molar-refractivity contribution in [2.24, 2.45) is 17.3 Å². The molecule has 1 aromatic rings. The fourth-order valence-corrected chi connectivity index (χ4v) is 5.50. The van der Waals surface area contributed by atoms with E-state index in [1.807, 2.05) is 0 Å². The van der Waals surface area contributed by atoms with E-state index >= 15 is 0 Å². The van der Waals surface area contributed by atoms with Crippen LogP contribution in [0.25, 0.3) is 0 Å². The van der Waals surface area contributed by atoms with Crippen LogP contribution in [0.2, 0.25) is 0 Å². The van der Waals surface area contributed by atoms with Crippen molar-refractivity contribution in [1.29, 1.82) is 0 Å². The molecule has 1 saturated carbocycles. The van der Waals surface area contributed by atoms with Gasteiger partial charge in [-0.1, -0.05) is 26.3 Å². The Kier molecular flexibility index (Phi) is 4.89. The van der Waals surface area contributed by atoms with Crippen molar-refractivity contribution in [2.45, 2.75) is 58.3 Å². The van der Waals surface area contributed by atoms with Gasteiger partial charge in [0.1, 0.15) is 5.75 Å². The minimum atomic E-state index is -0.0599. The highest BCUT2D eigenvalue weighted by atomic mass is 16.5. The summed E-state index contributed by atoms with van der Waals surface area (Å²) < 4.78 is 10.4. The van der Waals surface area contributed by atoms with E-state index in [1.165, 1.54) is 31.1 Å². The van der Waals surface area contributed by atoms with Crippen LogP contribution in [0.3, 0.4) is 0 Å². The van der Waals surface area contributed by atoms with E-state index in [1.54, 1.807) is 7.11 Å². The predicted molar refractivity (Wildman–Crippen MR) is 95.3 cm³/mol. The molecule has 0 unspecified atom stereocenters. The predicted octanol–water partition coefficient (Wildman–Crippen LogP) is 4.73. The molecule has 0 spiro atoms. The lowest BCUT2D eigenvalue weighted by Crippen LogP contribution is -2.43. The van der Waals surface area contributed by atoms with E-state index < -0.39 is 0 Å². The van der Waals surface area contributed by atoms with Crippen LogP contribution in [0.15, 0.2) is 18.2 Å².